The van der Waals surface area contributed by atoms with Crippen LogP contribution in [-0.4, -0.2) is 24.3 Å². The minimum Gasteiger partial charge on any atom is -0.497 e. The smallest absolute Gasteiger partial charge is 0.338 e. The molecule has 6 rings (SSSR count). The lowest BCUT2D eigenvalue weighted by molar-refractivity contribution is -0.138. The Morgan fingerprint density at radius 3 is 2.44 bits per heavy atom. The summed E-state index contributed by atoms with van der Waals surface area (Å²) in [6.45, 7) is 2.13. The topological polar surface area (TPSA) is 79.1 Å². The van der Waals surface area contributed by atoms with E-state index in [-0.39, 0.29) is 24.3 Å². The second-order valence-electron chi connectivity index (χ2n) is 10.5. The van der Waals surface area contributed by atoms with Crippen LogP contribution >= 0.6 is 66.4 Å². The van der Waals surface area contributed by atoms with Crippen LogP contribution in [0.15, 0.2) is 109 Å². The van der Waals surface area contributed by atoms with Gasteiger partial charge in [-0.1, -0.05) is 83.1 Å². The lowest BCUT2D eigenvalue weighted by Crippen LogP contribution is -2.40. The van der Waals surface area contributed by atoms with Gasteiger partial charge in [-0.25, -0.2) is 9.79 Å². The third-order valence-electron chi connectivity index (χ3n) is 7.49. The Kier molecular flexibility index (Phi) is 10.6. The molecule has 1 aromatic heterocycles. The molecule has 0 amide bonds. The Bertz CT molecular complexity index is 2230. The van der Waals surface area contributed by atoms with E-state index in [0.717, 1.165) is 16.7 Å². The van der Waals surface area contributed by atoms with Crippen molar-refractivity contribution in [2.24, 2.45) is 4.99 Å². The van der Waals surface area contributed by atoms with E-state index in [0.29, 0.717) is 51.1 Å². The van der Waals surface area contributed by atoms with Crippen molar-refractivity contribution < 1.29 is 19.0 Å². The number of methoxy groups -OCH3 is 1. The zero-order chi connectivity index (χ0) is 33.9. The molecule has 244 valence electrons. The van der Waals surface area contributed by atoms with Gasteiger partial charge in [-0.05, 0) is 92.4 Å². The predicted octanol–water partition coefficient (Wildman–Crippen LogP) is 8.36. The number of nitrogens with zero attached hydrogens (tertiary/aromatic N) is 2. The molecule has 1 atom stereocenters. The van der Waals surface area contributed by atoms with Gasteiger partial charge in [-0.2, -0.15) is 0 Å². The van der Waals surface area contributed by atoms with Gasteiger partial charge in [-0.3, -0.25) is 9.36 Å². The Labute approximate surface area is 307 Å². The summed E-state index contributed by atoms with van der Waals surface area (Å²) in [4.78, 5) is 33.3. The van der Waals surface area contributed by atoms with Gasteiger partial charge in [0.05, 0.1) is 44.5 Å². The molecule has 0 bridgehead atoms. The molecular formula is C36H26Br2Cl2N2O5S. The SMILES string of the molecule is CCOC(=O)C1=C(c2ccccc2)N=c2s/c(=C\c3cc(Br)c(OCc4ccc(Cl)cc4Cl)c(Br)c3)c(=O)n2[C@@H]1c1cccc(OC)c1. The van der Waals surface area contributed by atoms with Crippen LogP contribution in [0.25, 0.3) is 11.8 Å². The Balaban J connectivity index is 1.48. The summed E-state index contributed by atoms with van der Waals surface area (Å²) in [6, 6.07) is 24.9. The summed E-state index contributed by atoms with van der Waals surface area (Å²) < 4.78 is 20.5. The largest absolute Gasteiger partial charge is 0.497 e. The first-order valence-corrected chi connectivity index (χ1v) is 17.8. The molecular weight excluding hydrogens is 803 g/mol. The summed E-state index contributed by atoms with van der Waals surface area (Å²) in [7, 11) is 1.57. The van der Waals surface area contributed by atoms with Crippen molar-refractivity contribution in [1.29, 1.82) is 0 Å². The first kappa shape index (κ1) is 34.2. The highest BCUT2D eigenvalue weighted by Gasteiger charge is 2.35. The molecule has 12 heteroatoms. The average Bonchev–Trinajstić information content (AvgIpc) is 3.38. The van der Waals surface area contributed by atoms with Crippen LogP contribution in [0.1, 0.15) is 35.2 Å². The number of hydrogen-bond acceptors (Lipinski definition) is 7. The number of carbonyl (C=O) groups is 1. The van der Waals surface area contributed by atoms with Crippen molar-refractivity contribution in [1.82, 2.24) is 4.57 Å². The van der Waals surface area contributed by atoms with Crippen LogP contribution in [0, 0.1) is 0 Å². The maximum atomic E-state index is 14.3. The maximum Gasteiger partial charge on any atom is 0.338 e. The van der Waals surface area contributed by atoms with Crippen LogP contribution in [0.3, 0.4) is 0 Å². The number of rotatable bonds is 9. The van der Waals surface area contributed by atoms with Crippen LogP contribution in [0.5, 0.6) is 11.5 Å². The number of halogens is 4. The van der Waals surface area contributed by atoms with Crippen molar-refractivity contribution in [3.63, 3.8) is 0 Å². The summed E-state index contributed by atoms with van der Waals surface area (Å²) in [5, 5.41) is 1.06. The number of hydrogen-bond donors (Lipinski definition) is 0. The summed E-state index contributed by atoms with van der Waals surface area (Å²) in [6.07, 6.45) is 1.79. The fraction of sp³-hybridized carbons (Fsp3) is 0.139. The molecule has 0 aliphatic carbocycles. The molecule has 0 unspecified atom stereocenters. The molecule has 0 fully saturated rings. The molecule has 0 saturated carbocycles. The van der Waals surface area contributed by atoms with E-state index in [1.807, 2.05) is 72.8 Å². The molecule has 48 heavy (non-hydrogen) atoms. The number of thiazole rings is 1. The van der Waals surface area contributed by atoms with Gasteiger partial charge in [0.25, 0.3) is 5.56 Å². The Morgan fingerprint density at radius 2 is 1.75 bits per heavy atom. The van der Waals surface area contributed by atoms with Gasteiger partial charge in [0.1, 0.15) is 18.1 Å². The second-order valence-corrected chi connectivity index (χ2v) is 14.1. The van der Waals surface area contributed by atoms with Crippen molar-refractivity contribution in [2.45, 2.75) is 19.6 Å². The molecule has 2 heterocycles. The number of benzene rings is 4. The molecule has 0 N–H and O–H groups in total. The Hall–Kier alpha value is -3.67. The van der Waals surface area contributed by atoms with E-state index in [4.69, 9.17) is 42.4 Å². The fourth-order valence-electron chi connectivity index (χ4n) is 5.31. The van der Waals surface area contributed by atoms with E-state index in [1.165, 1.54) is 11.3 Å². The third-order valence-corrected chi connectivity index (χ3v) is 10.2. The van der Waals surface area contributed by atoms with Gasteiger partial charge in [0, 0.05) is 21.2 Å². The van der Waals surface area contributed by atoms with Crippen molar-refractivity contribution in [3.8, 4) is 11.5 Å². The van der Waals surface area contributed by atoms with Crippen molar-refractivity contribution >= 4 is 84.1 Å². The van der Waals surface area contributed by atoms with E-state index in [2.05, 4.69) is 31.9 Å². The van der Waals surface area contributed by atoms with Gasteiger partial charge < -0.3 is 14.2 Å². The molecule has 7 nitrogen and oxygen atoms in total. The van der Waals surface area contributed by atoms with Crippen LogP contribution in [0.4, 0.5) is 0 Å². The highest BCUT2D eigenvalue weighted by molar-refractivity contribution is 9.11. The molecule has 0 saturated heterocycles. The average molecular weight is 829 g/mol. The lowest BCUT2D eigenvalue weighted by atomic mass is 9.93. The maximum absolute atomic E-state index is 14.3. The molecule has 1 aliphatic heterocycles. The second kappa shape index (κ2) is 14.8. The number of fused-ring (bicyclic) bond motifs is 1. The minimum atomic E-state index is -0.818. The fourth-order valence-corrected chi connectivity index (χ4v) is 8.22. The van der Waals surface area contributed by atoms with Crippen molar-refractivity contribution in [2.75, 3.05) is 13.7 Å². The molecule has 5 aromatic rings. The highest BCUT2D eigenvalue weighted by Crippen LogP contribution is 2.38. The first-order valence-electron chi connectivity index (χ1n) is 14.7. The zero-order valence-electron chi connectivity index (χ0n) is 25.5. The summed E-state index contributed by atoms with van der Waals surface area (Å²) in [5.41, 5.74) is 3.35. The number of aromatic nitrogens is 1. The lowest BCUT2D eigenvalue weighted by Gasteiger charge is -2.26. The van der Waals surface area contributed by atoms with Crippen LogP contribution < -0.4 is 24.4 Å². The van der Waals surface area contributed by atoms with E-state index >= 15 is 0 Å². The molecule has 1 aliphatic rings. The van der Waals surface area contributed by atoms with E-state index in [9.17, 15) is 9.59 Å². The number of ether oxygens (including phenoxy) is 3. The highest BCUT2D eigenvalue weighted by atomic mass is 79.9. The third kappa shape index (κ3) is 7.04. The van der Waals surface area contributed by atoms with Crippen LogP contribution in [-0.2, 0) is 16.1 Å². The van der Waals surface area contributed by atoms with Crippen LogP contribution in [0.2, 0.25) is 10.0 Å². The quantitative estimate of drug-likeness (QED) is 0.140. The normalized spacial score (nSPS) is 14.4. The Morgan fingerprint density at radius 1 is 1.00 bits per heavy atom. The molecule has 4 aromatic carbocycles. The monoisotopic (exact) mass is 826 g/mol. The number of carbonyl (C=O) groups excluding carboxylic acids is 1. The predicted molar refractivity (Wildman–Crippen MR) is 197 cm³/mol. The van der Waals surface area contributed by atoms with Gasteiger partial charge >= 0.3 is 5.97 Å². The van der Waals surface area contributed by atoms with Gasteiger partial charge in [0.15, 0.2) is 4.80 Å². The first-order chi connectivity index (χ1) is 23.2. The zero-order valence-corrected chi connectivity index (χ0v) is 31.0. The van der Waals surface area contributed by atoms with Crippen molar-refractivity contribution in [3.05, 3.63) is 151 Å². The number of esters is 1. The summed E-state index contributed by atoms with van der Waals surface area (Å²) >= 11 is 20.8. The van der Waals surface area contributed by atoms with Gasteiger partial charge in [0.2, 0.25) is 0 Å². The molecule has 0 spiro atoms. The molecule has 0 radical (unpaired) electrons. The summed E-state index contributed by atoms with van der Waals surface area (Å²) in [5.74, 6) is 0.612. The van der Waals surface area contributed by atoms with Gasteiger partial charge in [-0.15, -0.1) is 0 Å². The standard InChI is InChI=1S/C36H26Br2Cl2N2O5S/c1-3-46-35(44)30-31(21-8-5-4-6-9-21)41-36-42(32(30)22-10-7-11-25(17-22)45-2)34(43)29(48-36)16-20-14-26(37)33(27(38)15-20)47-19-23-12-13-24(39)18-28(23)40/h4-18,32H,3,19H2,1-2H3/b29-16-/t32-/m1/s1. The minimum absolute atomic E-state index is 0.163. The van der Waals surface area contributed by atoms with E-state index in [1.54, 1.807) is 36.8 Å². The van der Waals surface area contributed by atoms with E-state index < -0.39 is 12.0 Å².